The highest BCUT2D eigenvalue weighted by Crippen LogP contribution is 2.46. The van der Waals surface area contributed by atoms with Gasteiger partial charge in [-0.15, -0.1) is 0 Å². The molecule has 2 unspecified atom stereocenters. The van der Waals surface area contributed by atoms with Gasteiger partial charge in [0.2, 0.25) is 0 Å². The molecule has 1 fully saturated rings. The molecule has 6 nitrogen and oxygen atoms in total. The molecule has 0 radical (unpaired) electrons. The van der Waals surface area contributed by atoms with Crippen molar-refractivity contribution in [1.82, 2.24) is 14.1 Å². The lowest BCUT2D eigenvalue weighted by Crippen LogP contribution is -2.52. The average molecular weight is 516 g/mol. The third-order valence-electron chi connectivity index (χ3n) is 8.39. The Morgan fingerprint density at radius 3 is 2.31 bits per heavy atom. The number of carbonyl (C=O) groups excluding carboxylic acids is 1. The number of rotatable bonds is 8. The Labute approximate surface area is 219 Å². The van der Waals surface area contributed by atoms with Crippen molar-refractivity contribution in [2.24, 2.45) is 0 Å². The van der Waals surface area contributed by atoms with Gasteiger partial charge >= 0.3 is 6.09 Å². The topological polar surface area (TPSA) is 67.6 Å². The van der Waals surface area contributed by atoms with E-state index in [1.807, 2.05) is 27.0 Å². The van der Waals surface area contributed by atoms with Crippen molar-refractivity contribution in [3.05, 3.63) is 30.1 Å². The van der Waals surface area contributed by atoms with Crippen LogP contribution in [0, 0.1) is 0 Å². The molecule has 0 spiro atoms. The number of pyridine rings is 1. The lowest BCUT2D eigenvalue weighted by Gasteiger charge is -2.44. The second-order valence-corrected chi connectivity index (χ2v) is 18.4. The van der Waals surface area contributed by atoms with Gasteiger partial charge in [0.1, 0.15) is 17.4 Å². The summed E-state index contributed by atoms with van der Waals surface area (Å²) in [5.74, 6) is 0. The minimum atomic E-state index is -1.94. The lowest BCUT2D eigenvalue weighted by molar-refractivity contribution is -0.0377. The zero-order valence-electron chi connectivity index (χ0n) is 24.3. The van der Waals surface area contributed by atoms with Gasteiger partial charge in [-0.25, -0.2) is 9.78 Å². The maximum absolute atomic E-state index is 13.2. The van der Waals surface area contributed by atoms with E-state index in [0.717, 1.165) is 42.3 Å². The number of carbonyl (C=O) groups is 1. The van der Waals surface area contributed by atoms with Crippen LogP contribution in [0.5, 0.6) is 0 Å². The van der Waals surface area contributed by atoms with E-state index in [9.17, 15) is 9.90 Å². The first-order chi connectivity index (χ1) is 16.7. The molecule has 0 saturated carbocycles. The molecule has 1 amide bonds. The van der Waals surface area contributed by atoms with Gasteiger partial charge < -0.3 is 14.1 Å². The molecule has 3 rings (SSSR count). The minimum Gasteiger partial charge on any atom is -0.444 e. The number of ether oxygens (including phenoxy) is 1. The average Bonchev–Trinajstić information content (AvgIpc) is 3.37. The molecule has 3 heterocycles. The number of hydrogen-bond acceptors (Lipinski definition) is 4. The van der Waals surface area contributed by atoms with Crippen LogP contribution in [-0.4, -0.2) is 51.2 Å². The summed E-state index contributed by atoms with van der Waals surface area (Å²) in [6.45, 7) is 22.5. The van der Waals surface area contributed by atoms with Crippen molar-refractivity contribution in [3.63, 3.8) is 0 Å². The molecule has 2 aromatic heterocycles. The Morgan fingerprint density at radius 1 is 1.17 bits per heavy atom. The Kier molecular flexibility index (Phi) is 8.36. The summed E-state index contributed by atoms with van der Waals surface area (Å²) < 4.78 is 8.25. The fraction of sp³-hybridized carbons (Fsp3) is 0.724. The van der Waals surface area contributed by atoms with Crippen molar-refractivity contribution < 1.29 is 14.6 Å². The first-order valence-electron chi connectivity index (χ1n) is 13.9. The largest absolute Gasteiger partial charge is 0.444 e. The summed E-state index contributed by atoms with van der Waals surface area (Å²) in [5, 5.41) is 12.9. The molecule has 36 heavy (non-hydrogen) atoms. The Morgan fingerprint density at radius 2 is 1.78 bits per heavy atom. The Balaban J connectivity index is 2.06. The quantitative estimate of drug-likeness (QED) is 0.366. The van der Waals surface area contributed by atoms with Crippen molar-refractivity contribution in [2.75, 3.05) is 6.54 Å². The number of aromatic nitrogens is 2. The van der Waals surface area contributed by atoms with E-state index in [1.54, 1.807) is 4.90 Å². The van der Waals surface area contributed by atoms with E-state index in [2.05, 4.69) is 71.0 Å². The van der Waals surface area contributed by atoms with Gasteiger partial charge in [0.15, 0.2) is 8.24 Å². The highest BCUT2D eigenvalue weighted by Gasteiger charge is 2.50. The monoisotopic (exact) mass is 515 g/mol. The fourth-order valence-corrected chi connectivity index (χ4v) is 13.8. The molecular formula is C29H49N3O3Si. The van der Waals surface area contributed by atoms with Crippen LogP contribution in [-0.2, 0) is 4.74 Å². The standard InChI is InChI=1S/C29H49N3O3Si/c1-11-14-29(15-12-16-31(29)27(34)35-28(8,9)10)25(33)24-18-23-13-17-32(26(23)30-19-24)36(20(2)3,21(4)5)22(6)7/h13,17-22,25,33H,11-12,14-16H2,1-10H3. The molecule has 0 bridgehead atoms. The summed E-state index contributed by atoms with van der Waals surface area (Å²) in [6.07, 6.45) is 6.10. The van der Waals surface area contributed by atoms with Gasteiger partial charge in [-0.05, 0) is 75.0 Å². The normalized spacial score (nSPS) is 20.2. The van der Waals surface area contributed by atoms with Crippen LogP contribution in [0.2, 0.25) is 16.6 Å². The molecule has 2 aromatic rings. The highest BCUT2D eigenvalue weighted by molar-refractivity contribution is 6.82. The first-order valence-corrected chi connectivity index (χ1v) is 16.1. The maximum atomic E-state index is 13.2. The molecule has 2 atom stereocenters. The van der Waals surface area contributed by atoms with Crippen LogP contribution < -0.4 is 0 Å². The molecule has 0 aliphatic carbocycles. The molecule has 1 saturated heterocycles. The smallest absolute Gasteiger partial charge is 0.410 e. The summed E-state index contributed by atoms with van der Waals surface area (Å²) in [7, 11) is -1.94. The number of amides is 1. The number of likely N-dealkylation sites (tertiary alicyclic amines) is 1. The third-order valence-corrected chi connectivity index (χ3v) is 15.1. The van der Waals surface area contributed by atoms with Crippen LogP contribution in [0.3, 0.4) is 0 Å². The summed E-state index contributed by atoms with van der Waals surface area (Å²) in [4.78, 5) is 19.9. The molecule has 7 heteroatoms. The predicted octanol–water partition coefficient (Wildman–Crippen LogP) is 7.66. The molecule has 1 aliphatic rings. The maximum Gasteiger partial charge on any atom is 0.410 e. The highest BCUT2D eigenvalue weighted by atomic mass is 28.3. The summed E-state index contributed by atoms with van der Waals surface area (Å²) >= 11 is 0. The van der Waals surface area contributed by atoms with Gasteiger partial charge in [-0.3, -0.25) is 4.90 Å². The van der Waals surface area contributed by atoms with Gasteiger partial charge in [-0.1, -0.05) is 54.9 Å². The van der Waals surface area contributed by atoms with Crippen LogP contribution in [0.1, 0.15) is 107 Å². The van der Waals surface area contributed by atoms with E-state index in [0.29, 0.717) is 23.2 Å². The van der Waals surface area contributed by atoms with E-state index in [-0.39, 0.29) is 6.09 Å². The Bertz CT molecular complexity index is 1030. The molecule has 202 valence electrons. The lowest BCUT2D eigenvalue weighted by atomic mass is 9.81. The predicted molar refractivity (Wildman–Crippen MR) is 151 cm³/mol. The van der Waals surface area contributed by atoms with E-state index < -0.39 is 25.5 Å². The van der Waals surface area contributed by atoms with Crippen molar-refractivity contribution in [2.45, 2.75) is 129 Å². The number of hydrogen-bond donors (Lipinski definition) is 1. The third kappa shape index (κ3) is 4.85. The minimum absolute atomic E-state index is 0.339. The molecule has 1 N–H and O–H groups in total. The number of nitrogens with zero attached hydrogens (tertiary/aromatic N) is 3. The van der Waals surface area contributed by atoms with Crippen LogP contribution >= 0.6 is 0 Å². The molecule has 1 aliphatic heterocycles. The number of aliphatic hydroxyl groups is 1. The zero-order valence-corrected chi connectivity index (χ0v) is 25.3. The first kappa shape index (κ1) is 28.7. The van der Waals surface area contributed by atoms with Gasteiger partial charge in [0.25, 0.3) is 0 Å². The van der Waals surface area contributed by atoms with Crippen molar-refractivity contribution in [1.29, 1.82) is 0 Å². The second kappa shape index (κ2) is 10.5. The van der Waals surface area contributed by atoms with Gasteiger partial charge in [-0.2, -0.15) is 0 Å². The van der Waals surface area contributed by atoms with Gasteiger partial charge in [0.05, 0.1) is 5.54 Å². The second-order valence-electron chi connectivity index (χ2n) is 12.7. The Hall–Kier alpha value is -1.86. The number of aliphatic hydroxyl groups excluding tert-OH is 1. The van der Waals surface area contributed by atoms with E-state index in [1.165, 1.54) is 0 Å². The zero-order chi connectivity index (χ0) is 27.1. The van der Waals surface area contributed by atoms with E-state index in [4.69, 9.17) is 9.72 Å². The molecular weight excluding hydrogens is 466 g/mol. The van der Waals surface area contributed by atoms with Crippen LogP contribution in [0.4, 0.5) is 4.79 Å². The van der Waals surface area contributed by atoms with Crippen molar-refractivity contribution >= 4 is 25.4 Å². The summed E-state index contributed by atoms with van der Waals surface area (Å²) in [5.41, 5.74) is 2.22. The summed E-state index contributed by atoms with van der Waals surface area (Å²) in [6, 6.07) is 4.24. The SMILES string of the molecule is CCCC1(C(O)c2cnc3c(ccn3[Si](C(C)C)(C(C)C)C(C)C)c2)CCCN1C(=O)OC(C)(C)C. The van der Waals surface area contributed by atoms with Crippen molar-refractivity contribution in [3.8, 4) is 0 Å². The van der Waals surface area contributed by atoms with Gasteiger partial charge in [0, 0.05) is 23.7 Å². The van der Waals surface area contributed by atoms with Crippen LogP contribution in [0.25, 0.3) is 11.0 Å². The molecule has 0 aromatic carbocycles. The fourth-order valence-electron chi connectivity index (χ4n) is 7.25. The van der Waals surface area contributed by atoms with E-state index >= 15 is 0 Å². The number of fused-ring (bicyclic) bond motifs is 1. The van der Waals surface area contributed by atoms with Crippen LogP contribution in [0.15, 0.2) is 24.5 Å².